The zero-order valence-corrected chi connectivity index (χ0v) is 12.0. The Morgan fingerprint density at radius 3 is 2.89 bits per heavy atom. The maximum absolute atomic E-state index is 12.1. The van der Waals surface area contributed by atoms with Crippen LogP contribution in [0.3, 0.4) is 0 Å². The molecule has 1 heterocycles. The minimum absolute atomic E-state index is 0.0670. The highest BCUT2D eigenvalue weighted by molar-refractivity contribution is 5.86. The number of hydrogen-bond donors (Lipinski definition) is 2. The number of amides is 1. The number of anilines is 1. The predicted octanol–water partition coefficient (Wildman–Crippen LogP) is 1.22. The number of carbonyl (C=O) groups excluding carboxylic acids is 1. The van der Waals surface area contributed by atoms with Crippen molar-refractivity contribution in [2.75, 3.05) is 31.6 Å². The van der Waals surface area contributed by atoms with Gasteiger partial charge in [0.25, 0.3) is 0 Å². The van der Waals surface area contributed by atoms with E-state index < -0.39 is 0 Å². The highest BCUT2D eigenvalue weighted by atomic mass is 16.2. The van der Waals surface area contributed by atoms with Gasteiger partial charge < -0.3 is 15.5 Å². The van der Waals surface area contributed by atoms with Gasteiger partial charge in [0.05, 0.1) is 0 Å². The van der Waals surface area contributed by atoms with Gasteiger partial charge in [0.2, 0.25) is 5.91 Å². The van der Waals surface area contributed by atoms with Crippen molar-refractivity contribution in [3.05, 3.63) is 29.3 Å². The van der Waals surface area contributed by atoms with Gasteiger partial charge in [0.1, 0.15) is 6.04 Å². The average molecular weight is 261 g/mol. The fourth-order valence-electron chi connectivity index (χ4n) is 2.70. The summed E-state index contributed by atoms with van der Waals surface area (Å²) < 4.78 is 0. The lowest BCUT2D eigenvalue weighted by molar-refractivity contribution is -0.123. The number of hydrogen-bond acceptors (Lipinski definition) is 3. The third-order valence-corrected chi connectivity index (χ3v) is 3.66. The smallest absolute Gasteiger partial charge is 0.242 e. The first kappa shape index (κ1) is 13.9. The zero-order valence-electron chi connectivity index (χ0n) is 12.0. The molecule has 4 nitrogen and oxygen atoms in total. The fourth-order valence-corrected chi connectivity index (χ4v) is 2.70. The van der Waals surface area contributed by atoms with Gasteiger partial charge in [-0.3, -0.25) is 4.79 Å². The Kier molecular flexibility index (Phi) is 4.43. The highest BCUT2D eigenvalue weighted by Gasteiger charge is 2.29. The molecule has 1 aliphatic rings. The van der Waals surface area contributed by atoms with Crippen molar-refractivity contribution < 1.29 is 4.79 Å². The van der Waals surface area contributed by atoms with E-state index in [1.165, 1.54) is 16.8 Å². The summed E-state index contributed by atoms with van der Waals surface area (Å²) in [6, 6.07) is 6.36. The van der Waals surface area contributed by atoms with Crippen LogP contribution < -0.4 is 15.5 Å². The van der Waals surface area contributed by atoms with Gasteiger partial charge in [0.15, 0.2) is 0 Å². The second-order valence-electron chi connectivity index (χ2n) is 5.18. The maximum Gasteiger partial charge on any atom is 0.242 e. The van der Waals surface area contributed by atoms with Gasteiger partial charge in [0, 0.05) is 18.8 Å². The van der Waals surface area contributed by atoms with Crippen molar-refractivity contribution in [2.24, 2.45) is 0 Å². The topological polar surface area (TPSA) is 44.4 Å². The number of carbonyl (C=O) groups is 1. The van der Waals surface area contributed by atoms with Crippen molar-refractivity contribution in [2.45, 2.75) is 26.3 Å². The first-order valence-electron chi connectivity index (χ1n) is 6.89. The van der Waals surface area contributed by atoms with E-state index in [0.717, 1.165) is 26.1 Å². The van der Waals surface area contributed by atoms with Crippen LogP contribution in [0, 0.1) is 13.8 Å². The third-order valence-electron chi connectivity index (χ3n) is 3.66. The Bertz CT molecular complexity index is 459. The van der Waals surface area contributed by atoms with Crippen molar-refractivity contribution in [3.63, 3.8) is 0 Å². The molecule has 1 amide bonds. The van der Waals surface area contributed by atoms with Crippen molar-refractivity contribution in [1.29, 1.82) is 0 Å². The molecule has 1 atom stereocenters. The molecular weight excluding hydrogens is 238 g/mol. The second kappa shape index (κ2) is 6.06. The van der Waals surface area contributed by atoms with Gasteiger partial charge >= 0.3 is 0 Å². The molecule has 2 rings (SSSR count). The Labute approximate surface area is 115 Å². The largest absolute Gasteiger partial charge is 0.357 e. The fraction of sp³-hybridized carbons (Fsp3) is 0.533. The number of piperazine rings is 1. The first-order chi connectivity index (χ1) is 9.13. The van der Waals surface area contributed by atoms with E-state index in [1.807, 2.05) is 7.05 Å². The van der Waals surface area contributed by atoms with Crippen molar-refractivity contribution in [3.8, 4) is 0 Å². The van der Waals surface area contributed by atoms with Crippen molar-refractivity contribution >= 4 is 11.6 Å². The van der Waals surface area contributed by atoms with Gasteiger partial charge in [-0.15, -0.1) is 0 Å². The van der Waals surface area contributed by atoms with Crippen molar-refractivity contribution in [1.82, 2.24) is 10.6 Å². The van der Waals surface area contributed by atoms with Crippen LogP contribution >= 0.6 is 0 Å². The maximum atomic E-state index is 12.1. The molecule has 1 saturated heterocycles. The number of rotatable bonds is 4. The molecule has 19 heavy (non-hydrogen) atoms. The number of nitrogens with one attached hydrogen (secondary N) is 2. The van der Waals surface area contributed by atoms with E-state index >= 15 is 0 Å². The molecule has 1 unspecified atom stereocenters. The summed E-state index contributed by atoms with van der Waals surface area (Å²) in [5.41, 5.74) is 3.68. The lowest BCUT2D eigenvalue weighted by Crippen LogP contribution is -2.56. The van der Waals surface area contributed by atoms with E-state index in [4.69, 9.17) is 0 Å². The lowest BCUT2D eigenvalue weighted by Gasteiger charge is -2.37. The number of aryl methyl sites for hydroxylation is 2. The van der Waals surface area contributed by atoms with Crippen LogP contribution in [-0.2, 0) is 4.79 Å². The van der Waals surface area contributed by atoms with Crippen LogP contribution in [0.4, 0.5) is 5.69 Å². The van der Waals surface area contributed by atoms with Gasteiger partial charge in [-0.1, -0.05) is 17.7 Å². The molecule has 104 valence electrons. The molecule has 1 aliphatic heterocycles. The average Bonchev–Trinajstić information content (AvgIpc) is 2.37. The third kappa shape index (κ3) is 3.07. The number of nitrogens with zero attached hydrogens (tertiary/aromatic N) is 1. The molecule has 4 heteroatoms. The summed E-state index contributed by atoms with van der Waals surface area (Å²) in [6.07, 6.45) is 0.829. The summed E-state index contributed by atoms with van der Waals surface area (Å²) in [5.74, 6) is 0.140. The number of benzene rings is 1. The molecule has 0 spiro atoms. The summed E-state index contributed by atoms with van der Waals surface area (Å²) in [4.78, 5) is 14.3. The second-order valence-corrected chi connectivity index (χ2v) is 5.18. The summed E-state index contributed by atoms with van der Waals surface area (Å²) in [6.45, 7) is 6.66. The van der Waals surface area contributed by atoms with E-state index in [9.17, 15) is 4.79 Å². The summed E-state index contributed by atoms with van der Waals surface area (Å²) >= 11 is 0. The van der Waals surface area contributed by atoms with Gasteiger partial charge in [-0.05, 0) is 45.5 Å². The minimum atomic E-state index is -0.0670. The zero-order chi connectivity index (χ0) is 13.8. The van der Waals surface area contributed by atoms with Crippen LogP contribution in [0.5, 0.6) is 0 Å². The monoisotopic (exact) mass is 261 g/mol. The predicted molar refractivity (Wildman–Crippen MR) is 78.6 cm³/mol. The summed E-state index contributed by atoms with van der Waals surface area (Å²) in [7, 11) is 1.92. The van der Waals surface area contributed by atoms with Crippen LogP contribution in [0.15, 0.2) is 18.2 Å². The van der Waals surface area contributed by atoms with Crippen LogP contribution in [0.2, 0.25) is 0 Å². The molecule has 0 aliphatic carbocycles. The molecule has 0 bridgehead atoms. The van der Waals surface area contributed by atoms with Crippen LogP contribution in [0.1, 0.15) is 17.5 Å². The van der Waals surface area contributed by atoms with Gasteiger partial charge in [-0.25, -0.2) is 0 Å². The minimum Gasteiger partial charge on any atom is -0.357 e. The molecule has 1 aromatic carbocycles. The quantitative estimate of drug-likeness (QED) is 0.856. The molecule has 2 N–H and O–H groups in total. The van der Waals surface area contributed by atoms with E-state index in [0.29, 0.717) is 0 Å². The highest BCUT2D eigenvalue weighted by Crippen LogP contribution is 2.25. The molecule has 1 aromatic rings. The molecule has 1 fully saturated rings. The SMILES string of the molecule is CNCCC1C(=O)NCCN1c1ccc(C)cc1C. The van der Waals surface area contributed by atoms with Gasteiger partial charge in [-0.2, -0.15) is 0 Å². The van der Waals surface area contributed by atoms with E-state index in [1.54, 1.807) is 0 Å². The standard InChI is InChI=1S/C15H23N3O/c1-11-4-5-13(12(2)10-11)18-9-8-17-15(19)14(18)6-7-16-3/h4-5,10,14,16H,6-9H2,1-3H3,(H,17,19). The van der Waals surface area contributed by atoms with E-state index in [2.05, 4.69) is 47.6 Å². The van der Waals surface area contributed by atoms with Crippen LogP contribution in [-0.4, -0.2) is 38.6 Å². The molecule has 0 saturated carbocycles. The Balaban J connectivity index is 2.25. The molecule has 0 aromatic heterocycles. The molecule has 0 radical (unpaired) electrons. The lowest BCUT2D eigenvalue weighted by atomic mass is 10.0. The normalized spacial score (nSPS) is 19.4. The first-order valence-corrected chi connectivity index (χ1v) is 6.89. The Morgan fingerprint density at radius 1 is 1.42 bits per heavy atom. The Hall–Kier alpha value is -1.55. The molecular formula is C15H23N3O. The van der Waals surface area contributed by atoms with Crippen LogP contribution in [0.25, 0.3) is 0 Å². The summed E-state index contributed by atoms with van der Waals surface area (Å²) in [5, 5.41) is 6.09. The van der Waals surface area contributed by atoms with E-state index in [-0.39, 0.29) is 11.9 Å². The Morgan fingerprint density at radius 2 is 2.21 bits per heavy atom.